The van der Waals surface area contributed by atoms with Gasteiger partial charge >= 0.3 is 0 Å². The molecular formula is C24H25N3O3. The molecule has 1 unspecified atom stereocenters. The van der Waals surface area contributed by atoms with Crippen molar-refractivity contribution >= 4 is 17.6 Å². The van der Waals surface area contributed by atoms with Crippen LogP contribution in [-0.2, 0) is 17.6 Å². The van der Waals surface area contributed by atoms with Crippen molar-refractivity contribution in [2.24, 2.45) is 0 Å². The molecular weight excluding hydrogens is 378 g/mol. The Kier molecular flexibility index (Phi) is 5.40. The van der Waals surface area contributed by atoms with Crippen molar-refractivity contribution in [3.8, 4) is 0 Å². The number of hydrogen-bond donors (Lipinski definition) is 1. The van der Waals surface area contributed by atoms with Crippen LogP contribution in [0.1, 0.15) is 40.6 Å². The number of nitrogens with one attached hydrogen (secondary N) is 1. The third kappa shape index (κ3) is 3.85. The van der Waals surface area contributed by atoms with Crippen LogP contribution in [0.15, 0.2) is 65.2 Å². The monoisotopic (exact) mass is 403 g/mol. The molecule has 0 saturated carbocycles. The molecule has 154 valence electrons. The second-order valence-electron chi connectivity index (χ2n) is 7.90. The molecule has 30 heavy (non-hydrogen) atoms. The molecule has 1 saturated heterocycles. The molecule has 0 aliphatic carbocycles. The molecule has 0 spiro atoms. The molecule has 1 aliphatic heterocycles. The third-order valence-electron chi connectivity index (χ3n) is 5.80. The molecule has 1 aromatic heterocycles. The van der Waals surface area contributed by atoms with Gasteiger partial charge in [-0.3, -0.25) is 9.59 Å². The highest BCUT2D eigenvalue weighted by Crippen LogP contribution is 2.34. The summed E-state index contributed by atoms with van der Waals surface area (Å²) in [4.78, 5) is 27.9. The van der Waals surface area contributed by atoms with E-state index in [9.17, 15) is 9.59 Å². The highest BCUT2D eigenvalue weighted by molar-refractivity contribution is 6.05. The Hall–Kier alpha value is -3.41. The van der Waals surface area contributed by atoms with E-state index in [1.54, 1.807) is 24.8 Å². The summed E-state index contributed by atoms with van der Waals surface area (Å²) in [6, 6.07) is 19.5. The van der Waals surface area contributed by atoms with Gasteiger partial charge in [0.2, 0.25) is 0 Å². The molecule has 1 N–H and O–H groups in total. The highest BCUT2D eigenvalue weighted by Gasteiger charge is 2.50. The predicted molar refractivity (Wildman–Crippen MR) is 114 cm³/mol. The number of nitrogens with zero attached hydrogens (tertiary/aromatic N) is 2. The predicted octanol–water partition coefficient (Wildman–Crippen LogP) is 4.01. The van der Waals surface area contributed by atoms with Gasteiger partial charge in [0.05, 0.1) is 0 Å². The quantitative estimate of drug-likeness (QED) is 0.675. The van der Waals surface area contributed by atoms with Gasteiger partial charge in [0.15, 0.2) is 5.82 Å². The molecule has 2 aromatic carbocycles. The number of anilines is 1. The van der Waals surface area contributed by atoms with Crippen LogP contribution in [-0.4, -0.2) is 34.0 Å². The van der Waals surface area contributed by atoms with Gasteiger partial charge < -0.3 is 14.7 Å². The van der Waals surface area contributed by atoms with E-state index in [1.165, 1.54) is 5.56 Å². The number of benzene rings is 2. The van der Waals surface area contributed by atoms with Crippen molar-refractivity contribution in [3.05, 3.63) is 83.1 Å². The minimum Gasteiger partial charge on any atom is -0.360 e. The van der Waals surface area contributed by atoms with E-state index in [1.807, 2.05) is 42.5 Å². The Morgan fingerprint density at radius 1 is 1.10 bits per heavy atom. The average molecular weight is 403 g/mol. The zero-order valence-corrected chi connectivity index (χ0v) is 17.2. The smallest absolute Gasteiger partial charge is 0.255 e. The van der Waals surface area contributed by atoms with Gasteiger partial charge in [-0.15, -0.1) is 0 Å². The number of aryl methyl sites for hydroxylation is 3. The summed E-state index contributed by atoms with van der Waals surface area (Å²) < 4.78 is 5.01. The SMILES string of the molecule is Cc1cc(NC(=O)C2(C)CCN2C(=O)c2ccccc2CCc2ccccc2)no1. The number of rotatable bonds is 6. The molecule has 4 rings (SSSR count). The van der Waals surface area contributed by atoms with Gasteiger partial charge in [0, 0.05) is 18.2 Å². The second kappa shape index (κ2) is 8.14. The molecule has 0 bridgehead atoms. The summed E-state index contributed by atoms with van der Waals surface area (Å²) in [5.74, 6) is 0.613. The van der Waals surface area contributed by atoms with Crippen LogP contribution in [0.5, 0.6) is 0 Å². The van der Waals surface area contributed by atoms with E-state index < -0.39 is 5.54 Å². The number of carbonyl (C=O) groups is 2. The minimum atomic E-state index is -0.906. The molecule has 0 radical (unpaired) electrons. The van der Waals surface area contributed by atoms with Crippen LogP contribution in [0.3, 0.4) is 0 Å². The molecule has 3 aromatic rings. The van der Waals surface area contributed by atoms with Gasteiger partial charge in [-0.05, 0) is 50.3 Å². The van der Waals surface area contributed by atoms with E-state index in [0.717, 1.165) is 18.4 Å². The number of amides is 2. The first-order valence-electron chi connectivity index (χ1n) is 10.2. The topological polar surface area (TPSA) is 75.4 Å². The number of hydrogen-bond acceptors (Lipinski definition) is 4. The first-order chi connectivity index (χ1) is 14.5. The molecule has 1 atom stereocenters. The summed E-state index contributed by atoms with van der Waals surface area (Å²) in [5.41, 5.74) is 1.98. The average Bonchev–Trinajstić information content (AvgIpc) is 3.16. The molecule has 6 heteroatoms. The van der Waals surface area contributed by atoms with E-state index in [4.69, 9.17) is 4.52 Å². The normalized spacial score (nSPS) is 18.0. The summed E-state index contributed by atoms with van der Waals surface area (Å²) in [6.45, 7) is 4.10. The van der Waals surface area contributed by atoms with Gasteiger partial charge in [0.25, 0.3) is 11.8 Å². The van der Waals surface area contributed by atoms with Crippen molar-refractivity contribution in [1.29, 1.82) is 0 Å². The second-order valence-corrected chi connectivity index (χ2v) is 7.90. The first-order valence-corrected chi connectivity index (χ1v) is 10.2. The van der Waals surface area contributed by atoms with Gasteiger partial charge in [-0.1, -0.05) is 53.7 Å². The minimum absolute atomic E-state index is 0.112. The number of likely N-dealkylation sites (tertiary alicyclic amines) is 1. The highest BCUT2D eigenvalue weighted by atomic mass is 16.5. The van der Waals surface area contributed by atoms with Crippen LogP contribution in [0.25, 0.3) is 0 Å². The zero-order chi connectivity index (χ0) is 21.1. The molecule has 2 heterocycles. The van der Waals surface area contributed by atoms with E-state index in [0.29, 0.717) is 30.1 Å². The maximum Gasteiger partial charge on any atom is 0.255 e. The fourth-order valence-corrected chi connectivity index (χ4v) is 3.81. The van der Waals surface area contributed by atoms with Crippen molar-refractivity contribution < 1.29 is 14.1 Å². The Bertz CT molecular complexity index is 1060. The summed E-state index contributed by atoms with van der Waals surface area (Å²) in [6.07, 6.45) is 2.23. The standard InChI is InChI=1S/C24H25N3O3/c1-17-16-21(26-30-17)25-23(29)24(2)14-15-27(24)22(28)20-11-7-6-10-19(20)13-12-18-8-4-3-5-9-18/h3-11,16H,12-15H2,1-2H3,(H,25,26,29). The van der Waals surface area contributed by atoms with Crippen molar-refractivity contribution in [2.45, 2.75) is 38.6 Å². The maximum absolute atomic E-state index is 13.3. The molecule has 2 amide bonds. The lowest BCUT2D eigenvalue weighted by atomic mass is 9.84. The Morgan fingerprint density at radius 2 is 1.83 bits per heavy atom. The van der Waals surface area contributed by atoms with Crippen molar-refractivity contribution in [1.82, 2.24) is 10.1 Å². The lowest BCUT2D eigenvalue weighted by Crippen LogP contribution is -2.66. The lowest BCUT2D eigenvalue weighted by Gasteiger charge is -2.49. The fourth-order valence-electron chi connectivity index (χ4n) is 3.81. The van der Waals surface area contributed by atoms with E-state index in [-0.39, 0.29) is 11.8 Å². The Balaban J connectivity index is 1.49. The maximum atomic E-state index is 13.3. The van der Waals surface area contributed by atoms with Crippen LogP contribution in [0.2, 0.25) is 0 Å². The van der Waals surface area contributed by atoms with E-state index in [2.05, 4.69) is 22.6 Å². The Labute approximate surface area is 175 Å². The van der Waals surface area contributed by atoms with Crippen molar-refractivity contribution in [2.75, 3.05) is 11.9 Å². The van der Waals surface area contributed by atoms with Crippen LogP contribution in [0, 0.1) is 6.92 Å². The van der Waals surface area contributed by atoms with Crippen molar-refractivity contribution in [3.63, 3.8) is 0 Å². The summed E-state index contributed by atoms with van der Waals surface area (Å²) in [7, 11) is 0. The number of aromatic nitrogens is 1. The lowest BCUT2D eigenvalue weighted by molar-refractivity contribution is -0.132. The fraction of sp³-hybridized carbons (Fsp3) is 0.292. The molecule has 1 aliphatic rings. The van der Waals surface area contributed by atoms with Gasteiger partial charge in [-0.25, -0.2) is 0 Å². The van der Waals surface area contributed by atoms with Crippen LogP contribution in [0.4, 0.5) is 5.82 Å². The van der Waals surface area contributed by atoms with Gasteiger partial charge in [-0.2, -0.15) is 0 Å². The van der Waals surface area contributed by atoms with Crippen LogP contribution >= 0.6 is 0 Å². The summed E-state index contributed by atoms with van der Waals surface area (Å²) >= 11 is 0. The zero-order valence-electron chi connectivity index (χ0n) is 17.2. The van der Waals surface area contributed by atoms with Crippen LogP contribution < -0.4 is 5.32 Å². The summed E-state index contributed by atoms with van der Waals surface area (Å²) in [5, 5.41) is 6.58. The largest absolute Gasteiger partial charge is 0.360 e. The first kappa shape index (κ1) is 19.9. The van der Waals surface area contributed by atoms with E-state index >= 15 is 0 Å². The Morgan fingerprint density at radius 3 is 2.50 bits per heavy atom. The molecule has 1 fully saturated rings. The number of carbonyl (C=O) groups excluding carboxylic acids is 2. The molecule has 6 nitrogen and oxygen atoms in total. The van der Waals surface area contributed by atoms with Gasteiger partial charge in [0.1, 0.15) is 11.3 Å². The third-order valence-corrected chi connectivity index (χ3v) is 5.80.